The van der Waals surface area contributed by atoms with Crippen molar-refractivity contribution in [3.63, 3.8) is 0 Å². The normalized spacial score (nSPS) is 12.4. The molecule has 0 radical (unpaired) electrons. The third-order valence-corrected chi connectivity index (χ3v) is 2.74. The molecule has 1 atom stereocenters. The van der Waals surface area contributed by atoms with E-state index in [9.17, 15) is 4.79 Å². The van der Waals surface area contributed by atoms with Crippen LogP contribution in [0.2, 0.25) is 0 Å². The van der Waals surface area contributed by atoms with E-state index in [0.717, 1.165) is 16.6 Å². The molecule has 0 aliphatic rings. The Labute approximate surface area is 100 Å². The second kappa shape index (κ2) is 4.49. The molecule has 2 aromatic rings. The molecule has 4 nitrogen and oxygen atoms in total. The smallest absolute Gasteiger partial charge is 0.304 e. The fraction of sp³-hybridized carbons (Fsp3) is 0.308. The number of ether oxygens (including phenoxy) is 1. The highest BCUT2D eigenvalue weighted by atomic mass is 16.6. The number of rotatable bonds is 3. The van der Waals surface area contributed by atoms with Crippen molar-refractivity contribution in [1.82, 2.24) is 4.57 Å². The summed E-state index contributed by atoms with van der Waals surface area (Å²) in [5, 5.41) is 4.22. The van der Waals surface area contributed by atoms with Crippen LogP contribution in [0.15, 0.2) is 30.5 Å². The largest absolute Gasteiger partial charge is 0.442 e. The van der Waals surface area contributed by atoms with Crippen LogP contribution in [0.4, 0.5) is 5.69 Å². The van der Waals surface area contributed by atoms with Gasteiger partial charge in [0.25, 0.3) is 0 Å². The van der Waals surface area contributed by atoms with Crippen LogP contribution < -0.4 is 5.32 Å². The maximum atomic E-state index is 10.9. The lowest BCUT2D eigenvalue weighted by Crippen LogP contribution is -2.11. The van der Waals surface area contributed by atoms with Crippen LogP contribution in [0.1, 0.15) is 20.1 Å². The molecule has 0 amide bonds. The van der Waals surface area contributed by atoms with Crippen LogP contribution in [-0.2, 0) is 9.53 Å². The number of fused-ring (bicyclic) bond motifs is 1. The highest BCUT2D eigenvalue weighted by Crippen LogP contribution is 2.23. The Bertz CT molecular complexity index is 545. The summed E-state index contributed by atoms with van der Waals surface area (Å²) in [6.45, 7) is 3.27. The van der Waals surface area contributed by atoms with Crippen molar-refractivity contribution in [3.05, 3.63) is 30.5 Å². The number of anilines is 1. The number of nitrogens with one attached hydrogen (secondary N) is 1. The summed E-state index contributed by atoms with van der Waals surface area (Å²) in [4.78, 5) is 10.9. The molecular weight excluding hydrogens is 216 g/mol. The lowest BCUT2D eigenvalue weighted by Gasteiger charge is -2.15. The number of hydrogen-bond donors (Lipinski definition) is 1. The number of carbonyl (C=O) groups excluding carboxylic acids is 1. The fourth-order valence-corrected chi connectivity index (χ4v) is 1.93. The quantitative estimate of drug-likeness (QED) is 0.827. The van der Waals surface area contributed by atoms with Gasteiger partial charge in [-0.05, 0) is 31.2 Å². The molecule has 0 fully saturated rings. The van der Waals surface area contributed by atoms with Gasteiger partial charge in [0, 0.05) is 31.2 Å². The first-order valence-corrected chi connectivity index (χ1v) is 5.57. The van der Waals surface area contributed by atoms with Gasteiger partial charge in [0.15, 0.2) is 6.23 Å². The minimum atomic E-state index is -0.287. The van der Waals surface area contributed by atoms with Crippen LogP contribution in [0.25, 0.3) is 10.9 Å². The molecular formula is C13H16N2O2. The van der Waals surface area contributed by atoms with Gasteiger partial charge in [-0.3, -0.25) is 4.79 Å². The Morgan fingerprint density at radius 3 is 2.82 bits per heavy atom. The predicted octanol–water partition coefficient (Wildman–Crippen LogP) is 2.76. The fourth-order valence-electron chi connectivity index (χ4n) is 1.93. The van der Waals surface area contributed by atoms with Crippen LogP contribution in [0.3, 0.4) is 0 Å². The number of hydrogen-bond acceptors (Lipinski definition) is 3. The van der Waals surface area contributed by atoms with E-state index < -0.39 is 0 Å². The Kier molecular flexibility index (Phi) is 3.04. The maximum Gasteiger partial charge on any atom is 0.304 e. The van der Waals surface area contributed by atoms with E-state index in [4.69, 9.17) is 4.74 Å². The van der Waals surface area contributed by atoms with E-state index in [0.29, 0.717) is 0 Å². The Hall–Kier alpha value is -1.97. The average molecular weight is 232 g/mol. The van der Waals surface area contributed by atoms with Gasteiger partial charge in [-0.15, -0.1) is 0 Å². The third-order valence-electron chi connectivity index (χ3n) is 2.74. The lowest BCUT2D eigenvalue weighted by atomic mass is 10.2. The molecule has 0 aliphatic heterocycles. The Balaban J connectivity index is 2.39. The number of nitrogens with zero attached hydrogens (tertiary/aromatic N) is 1. The van der Waals surface area contributed by atoms with Crippen molar-refractivity contribution >= 4 is 22.6 Å². The number of carbonyl (C=O) groups is 1. The summed E-state index contributed by atoms with van der Waals surface area (Å²) in [5.74, 6) is -0.272. The van der Waals surface area contributed by atoms with E-state index in [1.807, 2.05) is 42.9 Å². The van der Waals surface area contributed by atoms with Gasteiger partial charge in [-0.2, -0.15) is 0 Å². The first-order chi connectivity index (χ1) is 8.11. The number of esters is 1. The minimum absolute atomic E-state index is 0.272. The van der Waals surface area contributed by atoms with Gasteiger partial charge in [0.05, 0.1) is 5.52 Å². The summed E-state index contributed by atoms with van der Waals surface area (Å²) in [5.41, 5.74) is 2.12. The summed E-state index contributed by atoms with van der Waals surface area (Å²) in [6.07, 6.45) is 1.64. The minimum Gasteiger partial charge on any atom is -0.442 e. The van der Waals surface area contributed by atoms with Gasteiger partial charge in [0.2, 0.25) is 0 Å². The van der Waals surface area contributed by atoms with Crippen molar-refractivity contribution in [2.24, 2.45) is 0 Å². The molecule has 1 N–H and O–H groups in total. The molecule has 0 aliphatic carbocycles. The maximum absolute atomic E-state index is 10.9. The van der Waals surface area contributed by atoms with Gasteiger partial charge in [-0.1, -0.05) is 0 Å². The second-order valence-corrected chi connectivity index (χ2v) is 3.96. The Morgan fingerprint density at radius 1 is 1.41 bits per heavy atom. The zero-order chi connectivity index (χ0) is 12.4. The molecule has 17 heavy (non-hydrogen) atoms. The van der Waals surface area contributed by atoms with Crippen molar-refractivity contribution in [2.45, 2.75) is 20.1 Å². The molecule has 90 valence electrons. The molecule has 1 heterocycles. The zero-order valence-electron chi connectivity index (χ0n) is 10.2. The third kappa shape index (κ3) is 2.25. The van der Waals surface area contributed by atoms with E-state index in [-0.39, 0.29) is 12.2 Å². The second-order valence-electron chi connectivity index (χ2n) is 3.96. The first-order valence-electron chi connectivity index (χ1n) is 5.57. The van der Waals surface area contributed by atoms with Crippen molar-refractivity contribution < 1.29 is 9.53 Å². The van der Waals surface area contributed by atoms with Crippen molar-refractivity contribution in [1.29, 1.82) is 0 Å². The van der Waals surface area contributed by atoms with E-state index >= 15 is 0 Å². The summed E-state index contributed by atoms with van der Waals surface area (Å²) in [7, 11) is 1.89. The lowest BCUT2D eigenvalue weighted by molar-refractivity contribution is -0.149. The molecule has 0 bridgehead atoms. The molecule has 1 aromatic heterocycles. The first kappa shape index (κ1) is 11.5. The average Bonchev–Trinajstić information content (AvgIpc) is 2.70. The van der Waals surface area contributed by atoms with E-state index in [2.05, 4.69) is 11.4 Å². The van der Waals surface area contributed by atoms with Crippen molar-refractivity contribution in [3.8, 4) is 0 Å². The number of aromatic nitrogens is 1. The molecule has 4 heteroatoms. The molecule has 1 unspecified atom stereocenters. The SMILES string of the molecule is CNc1ccc2c(ccn2C(C)OC(C)=O)c1. The van der Waals surface area contributed by atoms with Crippen LogP contribution >= 0.6 is 0 Å². The molecule has 0 saturated carbocycles. The van der Waals surface area contributed by atoms with Crippen LogP contribution in [0.5, 0.6) is 0 Å². The highest BCUT2D eigenvalue weighted by Gasteiger charge is 2.10. The van der Waals surface area contributed by atoms with Crippen LogP contribution in [0, 0.1) is 0 Å². The van der Waals surface area contributed by atoms with Crippen molar-refractivity contribution in [2.75, 3.05) is 12.4 Å². The molecule has 2 rings (SSSR count). The van der Waals surface area contributed by atoms with Gasteiger partial charge >= 0.3 is 5.97 Å². The van der Waals surface area contributed by atoms with Gasteiger partial charge < -0.3 is 14.6 Å². The Morgan fingerprint density at radius 2 is 2.18 bits per heavy atom. The van der Waals surface area contributed by atoms with Crippen LogP contribution in [-0.4, -0.2) is 17.6 Å². The summed E-state index contributed by atoms with van der Waals surface area (Å²) >= 11 is 0. The van der Waals surface area contributed by atoms with Gasteiger partial charge in [0.1, 0.15) is 0 Å². The molecule has 0 spiro atoms. The zero-order valence-corrected chi connectivity index (χ0v) is 10.2. The van der Waals surface area contributed by atoms with Gasteiger partial charge in [-0.25, -0.2) is 0 Å². The summed E-state index contributed by atoms with van der Waals surface area (Å²) in [6, 6.07) is 8.09. The molecule has 0 saturated heterocycles. The molecule has 1 aromatic carbocycles. The van der Waals surface area contributed by atoms with E-state index in [1.54, 1.807) is 0 Å². The topological polar surface area (TPSA) is 43.3 Å². The monoisotopic (exact) mass is 232 g/mol. The van der Waals surface area contributed by atoms with E-state index in [1.165, 1.54) is 6.92 Å². The highest BCUT2D eigenvalue weighted by molar-refractivity contribution is 5.84. The predicted molar refractivity (Wildman–Crippen MR) is 68.0 cm³/mol. The summed E-state index contributed by atoms with van der Waals surface area (Å²) < 4.78 is 7.11. The standard InChI is InChI=1S/C13H16N2O2/c1-9(17-10(2)16)15-7-6-11-8-12(14-3)4-5-13(11)15/h4-9,14H,1-3H3. The number of benzene rings is 1.